The maximum Gasteiger partial charge on any atom is 0.405 e. The minimum absolute atomic E-state index is 0.200. The van der Waals surface area contributed by atoms with Crippen LogP contribution in [0.25, 0.3) is 0 Å². The van der Waals surface area contributed by atoms with Gasteiger partial charge in [0, 0.05) is 5.92 Å². The van der Waals surface area contributed by atoms with Crippen molar-refractivity contribution in [3.8, 4) is 0 Å². The molecular formula is C18H20N2O4. The summed E-state index contributed by atoms with van der Waals surface area (Å²) in [6.45, 7) is 1.98. The van der Waals surface area contributed by atoms with Gasteiger partial charge in [0.2, 0.25) is 0 Å². The van der Waals surface area contributed by atoms with E-state index in [1.807, 2.05) is 60.7 Å². The van der Waals surface area contributed by atoms with Crippen LogP contribution in [0.3, 0.4) is 0 Å². The molecule has 0 aliphatic heterocycles. The van der Waals surface area contributed by atoms with Crippen LogP contribution >= 0.6 is 0 Å². The van der Waals surface area contributed by atoms with E-state index < -0.39 is 18.0 Å². The van der Waals surface area contributed by atoms with E-state index in [0.717, 1.165) is 11.1 Å². The first-order chi connectivity index (χ1) is 11.6. The molecule has 0 aromatic heterocycles. The summed E-state index contributed by atoms with van der Waals surface area (Å²) in [4.78, 5) is 28.5. The Balaban J connectivity index is 1.98. The molecule has 2 atom stereocenters. The number of carbonyl (C=O) groups excluding carboxylic acids is 1. The molecule has 2 aromatic rings. The number of carboxylic acid groups (broad SMARTS) is 1. The van der Waals surface area contributed by atoms with Gasteiger partial charge in [0.1, 0.15) is 6.04 Å². The molecule has 0 radical (unpaired) electrons. The predicted molar refractivity (Wildman–Crippen MR) is 89.2 cm³/mol. The van der Waals surface area contributed by atoms with Crippen molar-refractivity contribution in [2.45, 2.75) is 25.5 Å². The fourth-order valence-electron chi connectivity index (χ4n) is 2.33. The third-order valence-corrected chi connectivity index (χ3v) is 3.64. The third-order valence-electron chi connectivity index (χ3n) is 3.64. The molecule has 0 fully saturated rings. The molecular weight excluding hydrogens is 308 g/mol. The lowest BCUT2D eigenvalue weighted by atomic mass is 9.93. The van der Waals surface area contributed by atoms with E-state index in [1.165, 1.54) is 0 Å². The van der Waals surface area contributed by atoms with Crippen molar-refractivity contribution in [3.63, 3.8) is 0 Å². The Morgan fingerprint density at radius 2 is 1.62 bits per heavy atom. The van der Waals surface area contributed by atoms with Crippen LogP contribution in [0.4, 0.5) is 4.79 Å². The molecule has 0 bridgehead atoms. The molecule has 0 spiro atoms. The molecule has 3 N–H and O–H groups in total. The molecule has 0 saturated carbocycles. The summed E-state index contributed by atoms with van der Waals surface area (Å²) in [5.74, 6) is -0.882. The van der Waals surface area contributed by atoms with Crippen molar-refractivity contribution in [3.05, 3.63) is 71.8 Å². The Hall–Kier alpha value is -2.86. The van der Waals surface area contributed by atoms with E-state index in [1.54, 1.807) is 6.92 Å². The maximum absolute atomic E-state index is 12.3. The molecule has 0 aliphatic rings. The van der Waals surface area contributed by atoms with E-state index in [-0.39, 0.29) is 12.5 Å². The van der Waals surface area contributed by atoms with E-state index in [9.17, 15) is 9.59 Å². The van der Waals surface area contributed by atoms with Crippen molar-refractivity contribution in [2.75, 3.05) is 0 Å². The predicted octanol–water partition coefficient (Wildman–Crippen LogP) is 2.67. The zero-order valence-corrected chi connectivity index (χ0v) is 13.3. The number of carbonyl (C=O) groups is 2. The van der Waals surface area contributed by atoms with Crippen LogP contribution in [0.1, 0.15) is 24.0 Å². The second kappa shape index (κ2) is 8.69. The first-order valence-corrected chi connectivity index (χ1v) is 7.58. The Labute approximate surface area is 140 Å². The van der Waals surface area contributed by atoms with Gasteiger partial charge < -0.3 is 10.4 Å². The van der Waals surface area contributed by atoms with Gasteiger partial charge >= 0.3 is 6.09 Å². The Morgan fingerprint density at radius 1 is 1.04 bits per heavy atom. The minimum Gasteiger partial charge on any atom is -0.465 e. The third kappa shape index (κ3) is 5.10. The van der Waals surface area contributed by atoms with Gasteiger partial charge in [-0.2, -0.15) is 0 Å². The van der Waals surface area contributed by atoms with Gasteiger partial charge in [-0.3, -0.25) is 9.63 Å². The van der Waals surface area contributed by atoms with Crippen LogP contribution in [0.2, 0.25) is 0 Å². The molecule has 6 nitrogen and oxygen atoms in total. The molecule has 24 heavy (non-hydrogen) atoms. The van der Waals surface area contributed by atoms with Crippen LogP contribution in [0, 0.1) is 0 Å². The molecule has 2 rings (SSSR count). The second-order valence-corrected chi connectivity index (χ2v) is 5.37. The number of rotatable bonds is 7. The van der Waals surface area contributed by atoms with E-state index in [2.05, 4.69) is 10.8 Å². The molecule has 0 unspecified atom stereocenters. The summed E-state index contributed by atoms with van der Waals surface area (Å²) in [5, 5.41) is 11.3. The fourth-order valence-corrected chi connectivity index (χ4v) is 2.33. The Bertz CT molecular complexity index is 661. The number of benzene rings is 2. The summed E-state index contributed by atoms with van der Waals surface area (Å²) < 4.78 is 0. The number of hydroxylamine groups is 1. The van der Waals surface area contributed by atoms with Gasteiger partial charge in [0.05, 0.1) is 6.61 Å². The SMILES string of the molecule is C[C@@H](c1ccccc1)[C@H](NC(=O)O)C(=O)NOCc1ccccc1. The highest BCUT2D eigenvalue weighted by Gasteiger charge is 2.28. The van der Waals surface area contributed by atoms with Gasteiger partial charge in [-0.15, -0.1) is 0 Å². The molecule has 0 saturated heterocycles. The summed E-state index contributed by atoms with van der Waals surface area (Å²) in [6, 6.07) is 17.6. The van der Waals surface area contributed by atoms with Gasteiger partial charge in [0.15, 0.2) is 0 Å². The van der Waals surface area contributed by atoms with E-state index in [0.29, 0.717) is 0 Å². The smallest absolute Gasteiger partial charge is 0.405 e. The van der Waals surface area contributed by atoms with Crippen LogP contribution in [0.15, 0.2) is 60.7 Å². The first kappa shape index (κ1) is 17.5. The maximum atomic E-state index is 12.3. The molecule has 0 aliphatic carbocycles. The van der Waals surface area contributed by atoms with Crippen molar-refractivity contribution >= 4 is 12.0 Å². The molecule has 2 aromatic carbocycles. The quantitative estimate of drug-likeness (QED) is 0.682. The van der Waals surface area contributed by atoms with E-state index in [4.69, 9.17) is 9.94 Å². The van der Waals surface area contributed by atoms with Gasteiger partial charge in [-0.25, -0.2) is 10.3 Å². The van der Waals surface area contributed by atoms with Crippen molar-refractivity contribution < 1.29 is 19.5 Å². The lowest BCUT2D eigenvalue weighted by Gasteiger charge is -2.23. The Morgan fingerprint density at radius 3 is 2.21 bits per heavy atom. The molecule has 0 heterocycles. The van der Waals surface area contributed by atoms with E-state index >= 15 is 0 Å². The lowest BCUT2D eigenvalue weighted by molar-refractivity contribution is -0.137. The average molecular weight is 328 g/mol. The van der Waals surface area contributed by atoms with Gasteiger partial charge in [0.25, 0.3) is 5.91 Å². The fraction of sp³-hybridized carbons (Fsp3) is 0.222. The molecule has 6 heteroatoms. The van der Waals surface area contributed by atoms with Crippen LogP contribution in [-0.2, 0) is 16.2 Å². The number of amides is 2. The van der Waals surface area contributed by atoms with Crippen LogP contribution < -0.4 is 10.8 Å². The Kier molecular flexibility index (Phi) is 6.33. The first-order valence-electron chi connectivity index (χ1n) is 7.58. The van der Waals surface area contributed by atoms with Gasteiger partial charge in [-0.05, 0) is 11.1 Å². The molecule has 126 valence electrons. The summed E-state index contributed by atoms with van der Waals surface area (Å²) in [7, 11) is 0. The summed E-state index contributed by atoms with van der Waals surface area (Å²) in [6.07, 6.45) is -1.26. The summed E-state index contributed by atoms with van der Waals surface area (Å²) in [5.41, 5.74) is 4.08. The van der Waals surface area contributed by atoms with Gasteiger partial charge in [-0.1, -0.05) is 67.6 Å². The highest BCUT2D eigenvalue weighted by atomic mass is 16.6. The number of hydrogen-bond donors (Lipinski definition) is 3. The normalized spacial score (nSPS) is 12.9. The highest BCUT2D eigenvalue weighted by molar-refractivity contribution is 5.85. The number of hydrogen-bond acceptors (Lipinski definition) is 3. The van der Waals surface area contributed by atoms with Crippen molar-refractivity contribution in [2.24, 2.45) is 0 Å². The summed E-state index contributed by atoms with van der Waals surface area (Å²) >= 11 is 0. The highest BCUT2D eigenvalue weighted by Crippen LogP contribution is 2.19. The average Bonchev–Trinajstić information content (AvgIpc) is 2.60. The number of nitrogens with one attached hydrogen (secondary N) is 2. The topological polar surface area (TPSA) is 87.7 Å². The zero-order chi connectivity index (χ0) is 17.4. The van der Waals surface area contributed by atoms with Crippen LogP contribution in [0.5, 0.6) is 0 Å². The standard InChI is InChI=1S/C18H20N2O4/c1-13(15-10-6-3-7-11-15)16(19-18(22)23)17(21)20-24-12-14-8-4-2-5-9-14/h2-11,13,16,19H,12H2,1H3,(H,20,21)(H,22,23)/t13-,16-/m0/s1. The largest absolute Gasteiger partial charge is 0.465 e. The van der Waals surface area contributed by atoms with Crippen molar-refractivity contribution in [1.29, 1.82) is 0 Å². The molecule has 2 amide bonds. The minimum atomic E-state index is -1.26. The zero-order valence-electron chi connectivity index (χ0n) is 13.3. The van der Waals surface area contributed by atoms with Crippen LogP contribution in [-0.4, -0.2) is 23.1 Å². The monoisotopic (exact) mass is 328 g/mol. The van der Waals surface area contributed by atoms with Crippen molar-refractivity contribution in [1.82, 2.24) is 10.8 Å². The second-order valence-electron chi connectivity index (χ2n) is 5.37. The lowest BCUT2D eigenvalue weighted by Crippen LogP contribution is -2.49.